The summed E-state index contributed by atoms with van der Waals surface area (Å²) in [5, 5.41) is 2.67. The van der Waals surface area contributed by atoms with Crippen LogP contribution in [0.15, 0.2) is 24.3 Å². The van der Waals surface area contributed by atoms with E-state index in [0.717, 1.165) is 0 Å². The van der Waals surface area contributed by atoms with Crippen LogP contribution in [-0.4, -0.2) is 27.1 Å². The van der Waals surface area contributed by atoms with Crippen LogP contribution in [-0.2, 0) is 15.6 Å². The maximum Gasteiger partial charge on any atom is 0.251 e. The molecule has 1 N–H and O–H groups in total. The van der Waals surface area contributed by atoms with Gasteiger partial charge in [-0.1, -0.05) is 12.1 Å². The molecule has 16 heavy (non-hydrogen) atoms. The Kier molecular flexibility index (Phi) is 4.06. The van der Waals surface area contributed by atoms with Gasteiger partial charge in [-0.05, 0) is 24.6 Å². The predicted octanol–water partition coefficient (Wildman–Crippen LogP) is 0.981. The van der Waals surface area contributed by atoms with Gasteiger partial charge in [0.05, 0.1) is 5.75 Å². The first kappa shape index (κ1) is 12.7. The first-order valence-corrected chi connectivity index (χ1v) is 7.03. The van der Waals surface area contributed by atoms with Crippen molar-refractivity contribution in [1.29, 1.82) is 0 Å². The molecule has 1 rings (SSSR count). The summed E-state index contributed by atoms with van der Waals surface area (Å²) >= 11 is 0. The molecule has 0 bridgehead atoms. The maximum absolute atomic E-state index is 11.4. The number of benzene rings is 1. The van der Waals surface area contributed by atoms with Crippen LogP contribution < -0.4 is 5.32 Å². The fourth-order valence-electron chi connectivity index (χ4n) is 1.32. The van der Waals surface area contributed by atoms with Crippen LogP contribution >= 0.6 is 0 Å². The van der Waals surface area contributed by atoms with Crippen molar-refractivity contribution in [2.45, 2.75) is 12.7 Å². The molecule has 0 heterocycles. The van der Waals surface area contributed by atoms with E-state index in [0.29, 0.717) is 17.7 Å². The van der Waals surface area contributed by atoms with Crippen molar-refractivity contribution in [1.82, 2.24) is 5.32 Å². The van der Waals surface area contributed by atoms with Crippen LogP contribution in [0.1, 0.15) is 22.8 Å². The van der Waals surface area contributed by atoms with Gasteiger partial charge < -0.3 is 5.32 Å². The lowest BCUT2D eigenvalue weighted by atomic mass is 10.1. The average molecular weight is 241 g/mol. The van der Waals surface area contributed by atoms with Gasteiger partial charge in [-0.15, -0.1) is 0 Å². The Bertz CT molecular complexity index is 463. The molecule has 4 nitrogen and oxygen atoms in total. The summed E-state index contributed by atoms with van der Waals surface area (Å²) < 4.78 is 22.1. The predicted molar refractivity (Wildman–Crippen MR) is 63.0 cm³/mol. The molecule has 0 aliphatic rings. The highest BCUT2D eigenvalue weighted by Crippen LogP contribution is 2.07. The van der Waals surface area contributed by atoms with Crippen molar-refractivity contribution < 1.29 is 13.2 Å². The normalized spacial score (nSPS) is 11.1. The molecule has 0 radical (unpaired) electrons. The minimum atomic E-state index is -3.02. The Balaban J connectivity index is 2.79. The van der Waals surface area contributed by atoms with Gasteiger partial charge in [-0.2, -0.15) is 0 Å². The first-order chi connectivity index (χ1) is 7.42. The zero-order valence-corrected chi connectivity index (χ0v) is 10.2. The van der Waals surface area contributed by atoms with Crippen LogP contribution in [0, 0.1) is 0 Å². The maximum atomic E-state index is 11.4. The molecule has 0 spiro atoms. The number of carbonyl (C=O) groups is 1. The molecular formula is C11H15NO3S. The summed E-state index contributed by atoms with van der Waals surface area (Å²) in [4.78, 5) is 11.4. The van der Waals surface area contributed by atoms with E-state index in [9.17, 15) is 13.2 Å². The van der Waals surface area contributed by atoms with Gasteiger partial charge in [0.25, 0.3) is 5.91 Å². The van der Waals surface area contributed by atoms with Gasteiger partial charge in [-0.25, -0.2) is 8.42 Å². The van der Waals surface area contributed by atoms with Crippen molar-refractivity contribution in [2.75, 3.05) is 12.8 Å². The molecule has 0 aliphatic carbocycles. The number of carbonyl (C=O) groups excluding carboxylic acids is 1. The van der Waals surface area contributed by atoms with E-state index in [4.69, 9.17) is 0 Å². The van der Waals surface area contributed by atoms with Crippen molar-refractivity contribution in [2.24, 2.45) is 0 Å². The van der Waals surface area contributed by atoms with Crippen molar-refractivity contribution in [3.8, 4) is 0 Å². The highest BCUT2D eigenvalue weighted by molar-refractivity contribution is 7.89. The zero-order chi connectivity index (χ0) is 12.2. The molecule has 0 saturated carbocycles. The lowest BCUT2D eigenvalue weighted by molar-refractivity contribution is 0.0956. The number of hydrogen-bond donors (Lipinski definition) is 1. The molecule has 1 aromatic carbocycles. The van der Waals surface area contributed by atoms with Crippen LogP contribution in [0.2, 0.25) is 0 Å². The molecule has 1 aromatic rings. The van der Waals surface area contributed by atoms with Crippen LogP contribution in [0.5, 0.6) is 0 Å². The molecule has 0 atom stereocenters. The molecule has 0 fully saturated rings. The summed E-state index contributed by atoms with van der Waals surface area (Å²) in [6, 6.07) is 6.58. The Morgan fingerprint density at radius 2 is 1.81 bits per heavy atom. The third kappa shape index (κ3) is 4.02. The van der Waals surface area contributed by atoms with Gasteiger partial charge in [0, 0.05) is 18.4 Å². The molecule has 0 unspecified atom stereocenters. The average Bonchev–Trinajstić information content (AvgIpc) is 2.16. The monoisotopic (exact) mass is 241 g/mol. The second-order valence-electron chi connectivity index (χ2n) is 3.63. The number of amides is 1. The van der Waals surface area contributed by atoms with Gasteiger partial charge in [-0.3, -0.25) is 4.79 Å². The Morgan fingerprint density at radius 3 is 2.25 bits per heavy atom. The first-order valence-electron chi connectivity index (χ1n) is 4.97. The second-order valence-corrected chi connectivity index (χ2v) is 5.77. The highest BCUT2D eigenvalue weighted by Gasteiger charge is 2.06. The molecule has 0 aliphatic heterocycles. The summed E-state index contributed by atoms with van der Waals surface area (Å²) in [6.07, 6.45) is 1.19. The Morgan fingerprint density at radius 1 is 1.25 bits per heavy atom. The van der Waals surface area contributed by atoms with Crippen LogP contribution in [0.4, 0.5) is 0 Å². The third-order valence-corrected chi connectivity index (χ3v) is 2.84. The van der Waals surface area contributed by atoms with E-state index in [-0.39, 0.29) is 11.7 Å². The zero-order valence-electron chi connectivity index (χ0n) is 9.36. The van der Waals surface area contributed by atoms with Crippen molar-refractivity contribution >= 4 is 15.7 Å². The van der Waals surface area contributed by atoms with Gasteiger partial charge >= 0.3 is 0 Å². The molecule has 88 valence electrons. The minimum absolute atomic E-state index is 0.00266. The fourth-order valence-corrected chi connectivity index (χ4v) is 2.12. The number of rotatable bonds is 4. The lowest BCUT2D eigenvalue weighted by Crippen LogP contribution is -2.22. The number of hydrogen-bond acceptors (Lipinski definition) is 3. The summed E-state index contributed by atoms with van der Waals surface area (Å²) in [5.41, 5.74) is 1.23. The van der Waals surface area contributed by atoms with Gasteiger partial charge in [0.2, 0.25) is 0 Å². The fraction of sp³-hybridized carbons (Fsp3) is 0.364. The Labute approximate surface area is 95.6 Å². The van der Waals surface area contributed by atoms with E-state index >= 15 is 0 Å². The quantitative estimate of drug-likeness (QED) is 0.854. The van der Waals surface area contributed by atoms with Crippen LogP contribution in [0.25, 0.3) is 0 Å². The minimum Gasteiger partial charge on any atom is -0.352 e. The van der Waals surface area contributed by atoms with Gasteiger partial charge in [0.1, 0.15) is 0 Å². The second kappa shape index (κ2) is 5.12. The van der Waals surface area contributed by atoms with E-state index in [1.807, 2.05) is 6.92 Å². The van der Waals surface area contributed by atoms with E-state index in [1.54, 1.807) is 24.3 Å². The SMILES string of the molecule is CCNC(=O)c1ccc(CS(C)(=O)=O)cc1. The van der Waals surface area contributed by atoms with E-state index < -0.39 is 9.84 Å². The standard InChI is InChI=1S/C11H15NO3S/c1-3-12-11(13)10-6-4-9(5-7-10)8-16(2,14)15/h4-7H,3,8H2,1-2H3,(H,12,13). The molecular weight excluding hydrogens is 226 g/mol. The topological polar surface area (TPSA) is 63.2 Å². The van der Waals surface area contributed by atoms with Crippen LogP contribution in [0.3, 0.4) is 0 Å². The van der Waals surface area contributed by atoms with E-state index in [1.165, 1.54) is 6.26 Å². The molecule has 1 amide bonds. The largest absolute Gasteiger partial charge is 0.352 e. The van der Waals surface area contributed by atoms with Gasteiger partial charge in [0.15, 0.2) is 9.84 Å². The summed E-state index contributed by atoms with van der Waals surface area (Å²) in [5.74, 6) is -0.142. The summed E-state index contributed by atoms with van der Waals surface area (Å²) in [6.45, 7) is 2.42. The molecule has 0 aromatic heterocycles. The summed E-state index contributed by atoms with van der Waals surface area (Å²) in [7, 11) is -3.02. The third-order valence-electron chi connectivity index (χ3n) is 1.98. The number of sulfone groups is 1. The lowest BCUT2D eigenvalue weighted by Gasteiger charge is -2.03. The Hall–Kier alpha value is -1.36. The van der Waals surface area contributed by atoms with Crippen molar-refractivity contribution in [3.05, 3.63) is 35.4 Å². The molecule has 0 saturated heterocycles. The number of nitrogens with one attached hydrogen (secondary N) is 1. The molecule has 5 heteroatoms. The van der Waals surface area contributed by atoms with Crippen molar-refractivity contribution in [3.63, 3.8) is 0 Å². The van der Waals surface area contributed by atoms with E-state index in [2.05, 4.69) is 5.32 Å². The highest BCUT2D eigenvalue weighted by atomic mass is 32.2. The smallest absolute Gasteiger partial charge is 0.251 e.